The van der Waals surface area contributed by atoms with Gasteiger partial charge in [-0.3, -0.25) is 9.59 Å². The molecule has 3 aromatic rings. The lowest BCUT2D eigenvalue weighted by molar-refractivity contribution is -0.130. The Morgan fingerprint density at radius 1 is 0.824 bits per heavy atom. The summed E-state index contributed by atoms with van der Waals surface area (Å²) in [5, 5.41) is 0. The second-order valence-corrected chi connectivity index (χ2v) is 9.87. The van der Waals surface area contributed by atoms with Crippen LogP contribution in [0.1, 0.15) is 60.3 Å². The number of rotatable bonds is 5. The second kappa shape index (κ2) is 9.02. The third-order valence-electron chi connectivity index (χ3n) is 7.45. The third-order valence-corrected chi connectivity index (χ3v) is 7.45. The highest BCUT2D eigenvalue weighted by atomic mass is 19.1. The van der Waals surface area contributed by atoms with Gasteiger partial charge in [-0.2, -0.15) is 0 Å². The molecule has 1 aliphatic rings. The summed E-state index contributed by atoms with van der Waals surface area (Å²) in [4.78, 5) is 27.9. The summed E-state index contributed by atoms with van der Waals surface area (Å²) in [6, 6.07) is 23.0. The maximum Gasteiger partial charge on any atom is 0.233 e. The minimum absolute atomic E-state index is 0.0129. The fourth-order valence-electron chi connectivity index (χ4n) is 4.45. The standard InChI is InChI=1S/C30H30FNO2/c1-29(2,25-17-15-23(16-18-25)27(33)19-31)30(3,4)28(34)32-20-24-11-6-5-9-21(24)13-14-22-10-7-8-12-26(22)32/h5-18H,19-20H2,1-4H3/b14-13-. The molecule has 3 aromatic carbocycles. The first-order chi connectivity index (χ1) is 16.2. The van der Waals surface area contributed by atoms with Crippen LogP contribution in [-0.4, -0.2) is 18.4 Å². The molecule has 0 fully saturated rings. The summed E-state index contributed by atoms with van der Waals surface area (Å²) in [5.74, 6) is -0.525. The second-order valence-electron chi connectivity index (χ2n) is 9.87. The van der Waals surface area contributed by atoms with Crippen LogP contribution in [0.15, 0.2) is 72.8 Å². The van der Waals surface area contributed by atoms with Crippen LogP contribution in [0, 0.1) is 5.41 Å². The number of ketones is 1. The zero-order valence-electron chi connectivity index (χ0n) is 20.1. The number of carbonyl (C=O) groups excluding carboxylic acids is 2. The zero-order valence-corrected chi connectivity index (χ0v) is 20.1. The average molecular weight is 456 g/mol. The van der Waals surface area contributed by atoms with Gasteiger partial charge in [-0.15, -0.1) is 0 Å². The first-order valence-electron chi connectivity index (χ1n) is 11.5. The molecular formula is C30H30FNO2. The van der Waals surface area contributed by atoms with Crippen LogP contribution in [0.3, 0.4) is 0 Å². The summed E-state index contributed by atoms with van der Waals surface area (Å²) in [5.41, 5.74) is 3.97. The van der Waals surface area contributed by atoms with E-state index in [2.05, 4.69) is 24.3 Å². The Morgan fingerprint density at radius 3 is 2.09 bits per heavy atom. The molecule has 174 valence electrons. The molecule has 0 N–H and O–H groups in total. The van der Waals surface area contributed by atoms with Crippen LogP contribution in [0.5, 0.6) is 0 Å². The molecule has 0 aromatic heterocycles. The van der Waals surface area contributed by atoms with Crippen LogP contribution in [-0.2, 0) is 16.8 Å². The molecule has 1 aliphatic heterocycles. The number of anilines is 1. The lowest BCUT2D eigenvalue weighted by Gasteiger charge is -2.44. The van der Waals surface area contributed by atoms with E-state index < -0.39 is 23.3 Å². The van der Waals surface area contributed by atoms with Gasteiger partial charge in [-0.05, 0) is 28.3 Å². The van der Waals surface area contributed by atoms with E-state index in [0.29, 0.717) is 12.1 Å². The Balaban J connectivity index is 1.75. The van der Waals surface area contributed by atoms with Crippen molar-refractivity contribution < 1.29 is 14.0 Å². The summed E-state index contributed by atoms with van der Waals surface area (Å²) in [6.07, 6.45) is 4.16. The molecule has 4 heteroatoms. The van der Waals surface area contributed by atoms with E-state index in [9.17, 15) is 14.0 Å². The normalized spacial score (nSPS) is 14.4. The molecule has 0 atom stereocenters. The molecule has 3 nitrogen and oxygen atoms in total. The van der Waals surface area contributed by atoms with Gasteiger partial charge >= 0.3 is 0 Å². The number of benzene rings is 3. The lowest BCUT2D eigenvalue weighted by atomic mass is 9.63. The molecule has 34 heavy (non-hydrogen) atoms. The van der Waals surface area contributed by atoms with Crippen molar-refractivity contribution in [3.05, 3.63) is 101 Å². The molecular weight excluding hydrogens is 425 g/mol. The smallest absolute Gasteiger partial charge is 0.233 e. The van der Waals surface area contributed by atoms with Crippen molar-refractivity contribution in [3.63, 3.8) is 0 Å². The molecule has 0 unspecified atom stereocenters. The number of carbonyl (C=O) groups is 2. The molecule has 0 saturated carbocycles. The first-order valence-corrected chi connectivity index (χ1v) is 11.5. The minimum atomic E-state index is -1.02. The minimum Gasteiger partial charge on any atom is -0.307 e. The highest BCUT2D eigenvalue weighted by molar-refractivity contribution is 6.01. The molecule has 1 amide bonds. The fourth-order valence-corrected chi connectivity index (χ4v) is 4.45. The van der Waals surface area contributed by atoms with E-state index in [-0.39, 0.29) is 5.91 Å². The Morgan fingerprint density at radius 2 is 1.41 bits per heavy atom. The van der Waals surface area contributed by atoms with Crippen molar-refractivity contribution in [2.75, 3.05) is 11.6 Å². The Kier molecular flexibility index (Phi) is 6.26. The van der Waals surface area contributed by atoms with Crippen molar-refractivity contribution in [3.8, 4) is 0 Å². The van der Waals surface area contributed by atoms with E-state index in [0.717, 1.165) is 27.9 Å². The Bertz CT molecular complexity index is 1250. The SMILES string of the molecule is CC(C)(C(=O)N1Cc2ccccc2/C=C\c2ccccc21)C(C)(C)c1ccc(C(=O)CF)cc1. The van der Waals surface area contributed by atoms with E-state index in [1.54, 1.807) is 12.1 Å². The molecule has 0 aliphatic carbocycles. The van der Waals surface area contributed by atoms with Gasteiger partial charge in [0, 0.05) is 11.0 Å². The number of halogens is 1. The first kappa shape index (κ1) is 23.6. The van der Waals surface area contributed by atoms with Gasteiger partial charge in [-0.1, -0.05) is 107 Å². The zero-order chi connectivity index (χ0) is 24.5. The van der Waals surface area contributed by atoms with E-state index in [4.69, 9.17) is 0 Å². The van der Waals surface area contributed by atoms with Gasteiger partial charge in [0.1, 0.15) is 0 Å². The molecule has 0 spiro atoms. The van der Waals surface area contributed by atoms with Crippen LogP contribution in [0.4, 0.5) is 10.1 Å². The van der Waals surface area contributed by atoms with Gasteiger partial charge in [0.15, 0.2) is 12.5 Å². The number of nitrogens with zero attached hydrogens (tertiary/aromatic N) is 1. The molecule has 0 saturated heterocycles. The van der Waals surface area contributed by atoms with E-state index in [1.807, 2.05) is 81.1 Å². The summed E-state index contributed by atoms with van der Waals surface area (Å²) >= 11 is 0. The summed E-state index contributed by atoms with van der Waals surface area (Å²) < 4.78 is 12.8. The number of alkyl halides is 1. The van der Waals surface area contributed by atoms with Gasteiger partial charge < -0.3 is 4.90 Å². The number of amides is 1. The maximum atomic E-state index is 14.3. The highest BCUT2D eigenvalue weighted by Crippen LogP contribution is 2.44. The largest absolute Gasteiger partial charge is 0.307 e. The number of Topliss-reactive ketones (excluding diaryl/α,β-unsaturated/α-hetero) is 1. The Hall–Kier alpha value is -3.53. The average Bonchev–Trinajstić information content (AvgIpc) is 2.84. The predicted octanol–water partition coefficient (Wildman–Crippen LogP) is 6.86. The number of hydrogen-bond acceptors (Lipinski definition) is 2. The van der Waals surface area contributed by atoms with Crippen LogP contribution in [0.2, 0.25) is 0 Å². The van der Waals surface area contributed by atoms with Gasteiger partial charge in [0.2, 0.25) is 5.91 Å². The van der Waals surface area contributed by atoms with Crippen molar-refractivity contribution >= 4 is 29.5 Å². The highest BCUT2D eigenvalue weighted by Gasteiger charge is 2.46. The summed E-state index contributed by atoms with van der Waals surface area (Å²) in [6.45, 7) is 7.48. The van der Waals surface area contributed by atoms with Crippen LogP contribution < -0.4 is 4.90 Å². The van der Waals surface area contributed by atoms with Crippen molar-refractivity contribution in [2.24, 2.45) is 5.41 Å². The van der Waals surface area contributed by atoms with Gasteiger partial charge in [-0.25, -0.2) is 4.39 Å². The topological polar surface area (TPSA) is 37.4 Å². The van der Waals surface area contributed by atoms with Gasteiger partial charge in [0.05, 0.1) is 17.6 Å². The van der Waals surface area contributed by atoms with Crippen LogP contribution in [0.25, 0.3) is 12.2 Å². The molecule has 0 radical (unpaired) electrons. The maximum absolute atomic E-state index is 14.3. The van der Waals surface area contributed by atoms with Crippen molar-refractivity contribution in [1.29, 1.82) is 0 Å². The lowest BCUT2D eigenvalue weighted by Crippen LogP contribution is -2.50. The number of fused-ring (bicyclic) bond motifs is 2. The molecule has 0 bridgehead atoms. The third kappa shape index (κ3) is 4.09. The van der Waals surface area contributed by atoms with Gasteiger partial charge in [0.25, 0.3) is 0 Å². The van der Waals surface area contributed by atoms with E-state index >= 15 is 0 Å². The molecule has 1 heterocycles. The van der Waals surface area contributed by atoms with Crippen molar-refractivity contribution in [2.45, 2.75) is 39.7 Å². The quantitative estimate of drug-likeness (QED) is 0.394. The molecule has 4 rings (SSSR count). The number of para-hydroxylation sites is 1. The summed E-state index contributed by atoms with van der Waals surface area (Å²) in [7, 11) is 0. The van der Waals surface area contributed by atoms with E-state index in [1.165, 1.54) is 0 Å². The number of hydrogen-bond donors (Lipinski definition) is 0. The van der Waals surface area contributed by atoms with Crippen molar-refractivity contribution in [1.82, 2.24) is 0 Å². The monoisotopic (exact) mass is 455 g/mol. The van der Waals surface area contributed by atoms with Crippen LogP contribution >= 0.6 is 0 Å². The predicted molar refractivity (Wildman–Crippen MR) is 137 cm³/mol. The fraction of sp³-hybridized carbons (Fsp3) is 0.267. The Labute approximate surface area is 200 Å².